The average Bonchev–Trinajstić information content (AvgIpc) is 3.36. The normalized spacial score (nSPS) is 37.4. The molecule has 5 unspecified atom stereocenters. The zero-order valence-electron chi connectivity index (χ0n) is 15.1. The lowest BCUT2D eigenvalue weighted by Gasteiger charge is -2.31. The maximum atomic E-state index is 12.8. The Bertz CT molecular complexity index is 665. The smallest absolute Gasteiger partial charge is 0.273 e. The molecular formula is C19H29N5O. The van der Waals surface area contributed by atoms with Crippen molar-refractivity contribution < 1.29 is 4.79 Å². The zero-order valence-corrected chi connectivity index (χ0v) is 15.1. The van der Waals surface area contributed by atoms with Crippen LogP contribution in [0.1, 0.15) is 67.2 Å². The number of carbonyl (C=O) groups excluding carboxylic acids is 1. The van der Waals surface area contributed by atoms with Crippen molar-refractivity contribution in [2.75, 3.05) is 13.1 Å². The van der Waals surface area contributed by atoms with Gasteiger partial charge in [0.15, 0.2) is 5.69 Å². The molecule has 1 saturated heterocycles. The van der Waals surface area contributed by atoms with Crippen molar-refractivity contribution in [2.24, 2.45) is 23.7 Å². The molecule has 0 spiro atoms. The molecule has 0 aromatic carbocycles. The van der Waals surface area contributed by atoms with Crippen LogP contribution < -0.4 is 10.6 Å². The maximum Gasteiger partial charge on any atom is 0.273 e. The second kappa shape index (κ2) is 6.08. The Morgan fingerprint density at radius 1 is 1.12 bits per heavy atom. The van der Waals surface area contributed by atoms with Crippen molar-refractivity contribution in [3.05, 3.63) is 11.4 Å². The van der Waals surface area contributed by atoms with Crippen molar-refractivity contribution in [3.8, 4) is 0 Å². The molecule has 2 heterocycles. The maximum absolute atomic E-state index is 12.8. The monoisotopic (exact) mass is 343 g/mol. The molecule has 2 N–H and O–H groups in total. The fourth-order valence-corrected chi connectivity index (χ4v) is 6.42. The van der Waals surface area contributed by atoms with Gasteiger partial charge in [-0.2, -0.15) is 0 Å². The van der Waals surface area contributed by atoms with Crippen LogP contribution in [0.4, 0.5) is 0 Å². The van der Waals surface area contributed by atoms with Gasteiger partial charge in [-0.05, 0) is 82.2 Å². The van der Waals surface area contributed by atoms with Crippen molar-refractivity contribution in [2.45, 2.75) is 64.0 Å². The highest BCUT2D eigenvalue weighted by atomic mass is 16.2. The Hall–Kier alpha value is -1.43. The minimum Gasteiger partial charge on any atom is -0.348 e. The third-order valence-electron chi connectivity index (χ3n) is 7.54. The number of piperidine rings is 1. The number of hydrogen-bond donors (Lipinski definition) is 2. The van der Waals surface area contributed by atoms with Crippen LogP contribution in [0.5, 0.6) is 0 Å². The molecule has 5 atom stereocenters. The molecule has 6 heteroatoms. The summed E-state index contributed by atoms with van der Waals surface area (Å²) >= 11 is 0. The molecule has 136 valence electrons. The Labute approximate surface area is 149 Å². The summed E-state index contributed by atoms with van der Waals surface area (Å²) < 4.78 is 1.98. The first kappa shape index (κ1) is 15.8. The highest BCUT2D eigenvalue weighted by molar-refractivity contribution is 5.93. The lowest BCUT2D eigenvalue weighted by Crippen LogP contribution is -2.42. The van der Waals surface area contributed by atoms with Crippen molar-refractivity contribution in [1.82, 2.24) is 25.6 Å². The summed E-state index contributed by atoms with van der Waals surface area (Å²) in [5, 5.41) is 15.3. The molecular weight excluding hydrogens is 314 g/mol. The molecule has 2 bridgehead atoms. The third-order valence-corrected chi connectivity index (χ3v) is 7.54. The Morgan fingerprint density at radius 2 is 1.92 bits per heavy atom. The van der Waals surface area contributed by atoms with Crippen LogP contribution in [-0.4, -0.2) is 40.0 Å². The van der Waals surface area contributed by atoms with Gasteiger partial charge < -0.3 is 10.6 Å². The zero-order chi connectivity index (χ0) is 17.0. The number of hydrogen-bond acceptors (Lipinski definition) is 4. The van der Waals surface area contributed by atoms with E-state index in [1.807, 2.05) is 11.6 Å². The highest BCUT2D eigenvalue weighted by Crippen LogP contribution is 2.58. The topological polar surface area (TPSA) is 71.8 Å². The van der Waals surface area contributed by atoms with E-state index < -0.39 is 0 Å². The number of amides is 1. The van der Waals surface area contributed by atoms with Crippen LogP contribution >= 0.6 is 0 Å². The van der Waals surface area contributed by atoms with Gasteiger partial charge in [-0.3, -0.25) is 4.79 Å². The second-order valence-corrected chi connectivity index (χ2v) is 8.68. The van der Waals surface area contributed by atoms with Crippen molar-refractivity contribution >= 4 is 5.91 Å². The van der Waals surface area contributed by atoms with Gasteiger partial charge in [-0.1, -0.05) is 11.6 Å². The number of aromatic nitrogens is 3. The SMILES string of the molecule is Cc1c(C(=O)NC2CC3CC2C2CCCC32)nnn1C1CCNCC1. The molecule has 25 heavy (non-hydrogen) atoms. The minimum atomic E-state index is -0.00946. The van der Waals surface area contributed by atoms with Crippen LogP contribution in [0.2, 0.25) is 0 Å². The highest BCUT2D eigenvalue weighted by Gasteiger charge is 2.54. The third kappa shape index (κ3) is 2.52. The van der Waals surface area contributed by atoms with Crippen molar-refractivity contribution in [1.29, 1.82) is 0 Å². The molecule has 1 aromatic heterocycles. The van der Waals surface area contributed by atoms with E-state index >= 15 is 0 Å². The molecule has 3 saturated carbocycles. The molecule has 3 aliphatic carbocycles. The molecule has 4 aliphatic rings. The lowest BCUT2D eigenvalue weighted by molar-refractivity contribution is 0.0895. The van der Waals surface area contributed by atoms with Gasteiger partial charge in [-0.25, -0.2) is 4.68 Å². The second-order valence-electron chi connectivity index (χ2n) is 8.68. The van der Waals surface area contributed by atoms with E-state index in [0.717, 1.165) is 49.4 Å². The first-order valence-corrected chi connectivity index (χ1v) is 10.2. The predicted octanol–water partition coefficient (Wildman–Crippen LogP) is 2.07. The molecule has 1 aromatic rings. The number of nitrogens with one attached hydrogen (secondary N) is 2. The summed E-state index contributed by atoms with van der Waals surface area (Å²) in [6.45, 7) is 4.02. The molecule has 1 amide bonds. The van der Waals surface area contributed by atoms with Gasteiger partial charge in [-0.15, -0.1) is 5.10 Å². The van der Waals surface area contributed by atoms with E-state index in [0.29, 0.717) is 23.7 Å². The standard InChI is InChI=1S/C19H29N5O/c1-11-18(22-23-24(11)13-5-7-20-8-6-13)19(25)21-17-10-12-9-16(17)15-4-2-3-14(12)15/h12-17,20H,2-10H2,1H3,(H,21,25). The van der Waals surface area contributed by atoms with Crippen LogP contribution in [0.15, 0.2) is 0 Å². The van der Waals surface area contributed by atoms with E-state index in [2.05, 4.69) is 20.9 Å². The Kier molecular flexibility index (Phi) is 3.84. The number of fused-ring (bicyclic) bond motifs is 5. The van der Waals surface area contributed by atoms with E-state index in [-0.39, 0.29) is 5.91 Å². The lowest BCUT2D eigenvalue weighted by atomic mass is 9.79. The van der Waals surface area contributed by atoms with Crippen molar-refractivity contribution in [3.63, 3.8) is 0 Å². The quantitative estimate of drug-likeness (QED) is 0.881. The summed E-state index contributed by atoms with van der Waals surface area (Å²) in [4.78, 5) is 12.8. The van der Waals surface area contributed by atoms with E-state index in [9.17, 15) is 4.79 Å². The Morgan fingerprint density at radius 3 is 2.76 bits per heavy atom. The molecule has 4 fully saturated rings. The predicted molar refractivity (Wildman–Crippen MR) is 94.2 cm³/mol. The molecule has 1 aliphatic heterocycles. The number of rotatable bonds is 3. The summed E-state index contributed by atoms with van der Waals surface area (Å²) in [5.74, 6) is 3.39. The molecule has 6 nitrogen and oxygen atoms in total. The van der Waals surface area contributed by atoms with Gasteiger partial charge in [0.2, 0.25) is 0 Å². The van der Waals surface area contributed by atoms with Gasteiger partial charge in [0.1, 0.15) is 0 Å². The average molecular weight is 343 g/mol. The van der Waals surface area contributed by atoms with E-state index in [1.165, 1.54) is 32.1 Å². The van der Waals surface area contributed by atoms with Crippen LogP contribution in [-0.2, 0) is 0 Å². The van der Waals surface area contributed by atoms with Crippen LogP contribution in [0.3, 0.4) is 0 Å². The largest absolute Gasteiger partial charge is 0.348 e. The fraction of sp³-hybridized carbons (Fsp3) is 0.842. The summed E-state index contributed by atoms with van der Waals surface area (Å²) in [5.41, 5.74) is 1.45. The van der Waals surface area contributed by atoms with E-state index in [1.54, 1.807) is 0 Å². The van der Waals surface area contributed by atoms with Gasteiger partial charge >= 0.3 is 0 Å². The number of nitrogens with zero attached hydrogens (tertiary/aromatic N) is 3. The minimum absolute atomic E-state index is 0.00946. The van der Waals surface area contributed by atoms with Crippen LogP contribution in [0.25, 0.3) is 0 Å². The first-order chi connectivity index (χ1) is 12.2. The first-order valence-electron chi connectivity index (χ1n) is 10.2. The molecule has 5 rings (SSSR count). The number of carbonyl (C=O) groups is 1. The fourth-order valence-electron chi connectivity index (χ4n) is 6.42. The molecule has 0 radical (unpaired) electrons. The van der Waals surface area contributed by atoms with E-state index in [4.69, 9.17) is 0 Å². The summed E-state index contributed by atoms with van der Waals surface area (Å²) in [7, 11) is 0. The van der Waals surface area contributed by atoms with Gasteiger partial charge in [0.25, 0.3) is 5.91 Å². The van der Waals surface area contributed by atoms with Crippen LogP contribution in [0, 0.1) is 30.6 Å². The summed E-state index contributed by atoms with van der Waals surface area (Å²) in [6, 6.07) is 0.734. The Balaban J connectivity index is 1.28. The summed E-state index contributed by atoms with van der Waals surface area (Å²) in [6.07, 6.45) is 8.83. The van der Waals surface area contributed by atoms with Gasteiger partial charge in [0.05, 0.1) is 11.7 Å². The van der Waals surface area contributed by atoms with Gasteiger partial charge in [0, 0.05) is 6.04 Å².